The molecular formula is C24H25N3O4. The first kappa shape index (κ1) is 20.7. The Morgan fingerprint density at radius 3 is 2.74 bits per heavy atom. The van der Waals surface area contributed by atoms with Crippen molar-refractivity contribution in [2.45, 2.75) is 19.3 Å². The van der Waals surface area contributed by atoms with Crippen LogP contribution in [0.1, 0.15) is 24.0 Å². The molecule has 0 radical (unpaired) electrons. The number of carbonyl (C=O) groups is 2. The zero-order chi connectivity index (χ0) is 21.6. The highest BCUT2D eigenvalue weighted by Crippen LogP contribution is 2.22. The molecular weight excluding hydrogens is 394 g/mol. The van der Waals surface area contributed by atoms with E-state index in [1.165, 1.54) is 5.57 Å². The summed E-state index contributed by atoms with van der Waals surface area (Å²) in [6, 6.07) is 9.46. The molecule has 0 aliphatic carbocycles. The molecule has 0 bridgehead atoms. The Bertz CT molecular complexity index is 1030. The van der Waals surface area contributed by atoms with E-state index in [9.17, 15) is 9.59 Å². The van der Waals surface area contributed by atoms with E-state index in [2.05, 4.69) is 16.4 Å². The molecule has 0 saturated carbocycles. The van der Waals surface area contributed by atoms with Crippen molar-refractivity contribution in [2.75, 3.05) is 32.1 Å². The van der Waals surface area contributed by atoms with Gasteiger partial charge in [-0.15, -0.1) is 0 Å². The fourth-order valence-corrected chi connectivity index (χ4v) is 3.53. The molecule has 31 heavy (non-hydrogen) atoms. The molecule has 1 aromatic heterocycles. The molecule has 2 amide bonds. The van der Waals surface area contributed by atoms with E-state index in [0.717, 1.165) is 29.0 Å². The van der Waals surface area contributed by atoms with Crippen molar-refractivity contribution in [1.82, 2.24) is 9.88 Å². The zero-order valence-corrected chi connectivity index (χ0v) is 17.5. The lowest BCUT2D eigenvalue weighted by Gasteiger charge is -2.25. The van der Waals surface area contributed by atoms with E-state index in [0.29, 0.717) is 38.4 Å². The van der Waals surface area contributed by atoms with Crippen LogP contribution in [-0.2, 0) is 16.0 Å². The van der Waals surface area contributed by atoms with Crippen LogP contribution in [0.3, 0.4) is 0 Å². The van der Waals surface area contributed by atoms with Crippen LogP contribution in [0.25, 0.3) is 6.08 Å². The summed E-state index contributed by atoms with van der Waals surface area (Å²) in [6.45, 7) is 1.75. The first-order chi connectivity index (χ1) is 15.1. The number of rotatable bonds is 6. The predicted octanol–water partition coefficient (Wildman–Crippen LogP) is 3.23. The van der Waals surface area contributed by atoms with E-state index in [4.69, 9.17) is 9.47 Å². The molecule has 0 fully saturated rings. The molecule has 0 spiro atoms. The van der Waals surface area contributed by atoms with Crippen LogP contribution in [0, 0.1) is 0 Å². The predicted molar refractivity (Wildman–Crippen MR) is 118 cm³/mol. The Morgan fingerprint density at radius 1 is 1.19 bits per heavy atom. The fourth-order valence-electron chi connectivity index (χ4n) is 3.53. The second kappa shape index (κ2) is 9.47. The van der Waals surface area contributed by atoms with Gasteiger partial charge in [0.05, 0.1) is 7.11 Å². The Kier molecular flexibility index (Phi) is 6.31. The van der Waals surface area contributed by atoms with E-state index in [1.807, 2.05) is 30.3 Å². The first-order valence-electron chi connectivity index (χ1n) is 10.3. The van der Waals surface area contributed by atoms with Gasteiger partial charge in [0.2, 0.25) is 11.8 Å². The largest absolute Gasteiger partial charge is 0.497 e. The third-order valence-electron chi connectivity index (χ3n) is 5.38. The van der Waals surface area contributed by atoms with Gasteiger partial charge in [0.25, 0.3) is 0 Å². The normalized spacial score (nSPS) is 15.8. The number of benzene rings is 1. The fraction of sp³-hybridized carbons (Fsp3) is 0.292. The maximum atomic E-state index is 12.5. The number of nitrogens with zero attached hydrogens (tertiary/aromatic N) is 2. The Morgan fingerprint density at radius 2 is 2.00 bits per heavy atom. The molecule has 2 aromatic rings. The number of anilines is 1. The van der Waals surface area contributed by atoms with Crippen LogP contribution in [-0.4, -0.2) is 48.5 Å². The van der Waals surface area contributed by atoms with Crippen LogP contribution in [0.2, 0.25) is 0 Å². The Hall–Kier alpha value is -3.61. The van der Waals surface area contributed by atoms with Crippen LogP contribution in [0.5, 0.6) is 11.5 Å². The van der Waals surface area contributed by atoms with Gasteiger partial charge >= 0.3 is 0 Å². The molecule has 2 aliphatic rings. The van der Waals surface area contributed by atoms with Gasteiger partial charge in [0.15, 0.2) is 0 Å². The summed E-state index contributed by atoms with van der Waals surface area (Å²) in [4.78, 5) is 30.1. The number of hydrogen-bond acceptors (Lipinski definition) is 5. The summed E-state index contributed by atoms with van der Waals surface area (Å²) in [5.41, 5.74) is 3.03. The van der Waals surface area contributed by atoms with Gasteiger partial charge in [-0.05, 0) is 65.9 Å². The van der Waals surface area contributed by atoms with Crippen molar-refractivity contribution in [2.24, 2.45) is 0 Å². The summed E-state index contributed by atoms with van der Waals surface area (Å²) in [5.74, 6) is 2.17. The molecule has 0 unspecified atom stereocenters. The molecule has 0 atom stereocenters. The van der Waals surface area contributed by atoms with Crippen LogP contribution in [0.4, 0.5) is 5.82 Å². The topological polar surface area (TPSA) is 80.8 Å². The Labute approximate surface area is 181 Å². The van der Waals surface area contributed by atoms with Gasteiger partial charge in [-0.2, -0.15) is 0 Å². The molecule has 3 heterocycles. The van der Waals surface area contributed by atoms with Crippen molar-refractivity contribution >= 4 is 23.7 Å². The van der Waals surface area contributed by atoms with Crippen LogP contribution < -0.4 is 14.8 Å². The minimum Gasteiger partial charge on any atom is -0.497 e. The van der Waals surface area contributed by atoms with E-state index in [1.54, 1.807) is 30.4 Å². The van der Waals surface area contributed by atoms with Crippen molar-refractivity contribution < 1.29 is 19.1 Å². The molecule has 1 N–H and O–H groups in total. The third-order valence-corrected chi connectivity index (χ3v) is 5.38. The quantitative estimate of drug-likeness (QED) is 0.574. The number of carbonyl (C=O) groups excluding carboxylic acids is 2. The number of aryl methyl sites for hydroxylation is 1. The second-order valence-corrected chi connectivity index (χ2v) is 7.52. The summed E-state index contributed by atoms with van der Waals surface area (Å²) < 4.78 is 11.0. The second-order valence-electron chi connectivity index (χ2n) is 7.52. The number of hydrogen-bond donors (Lipinski definition) is 1. The molecule has 2 aliphatic heterocycles. The SMILES string of the molecule is COc1ccc(OCC2=CCN(C(=O)/C=C/c3cnc4c(c3)CCC(=O)N4)CC2)cc1. The van der Waals surface area contributed by atoms with Crippen molar-refractivity contribution in [1.29, 1.82) is 0 Å². The maximum Gasteiger partial charge on any atom is 0.246 e. The highest BCUT2D eigenvalue weighted by atomic mass is 16.5. The molecule has 4 rings (SSSR count). The van der Waals surface area contributed by atoms with Gasteiger partial charge in [-0.3, -0.25) is 9.59 Å². The van der Waals surface area contributed by atoms with Gasteiger partial charge in [0, 0.05) is 31.8 Å². The van der Waals surface area contributed by atoms with E-state index in [-0.39, 0.29) is 11.8 Å². The summed E-state index contributed by atoms with van der Waals surface area (Å²) >= 11 is 0. The molecule has 7 heteroatoms. The number of ether oxygens (including phenoxy) is 2. The lowest BCUT2D eigenvalue weighted by Crippen LogP contribution is -2.34. The van der Waals surface area contributed by atoms with Crippen molar-refractivity contribution in [3.05, 3.63) is 65.4 Å². The summed E-state index contributed by atoms with van der Waals surface area (Å²) in [5, 5.41) is 2.76. The standard InChI is InChI=1S/C24H25N3O4/c1-30-20-4-6-21(7-5-20)31-16-17-10-12-27(13-11-17)23(29)9-2-18-14-19-3-8-22(28)26-24(19)25-15-18/h2,4-7,9-10,14-15H,3,8,11-13,16H2,1H3,(H,25,26,28)/b9-2+. The highest BCUT2D eigenvalue weighted by molar-refractivity contribution is 5.94. The van der Waals surface area contributed by atoms with Gasteiger partial charge in [0.1, 0.15) is 23.9 Å². The molecule has 1 aromatic carbocycles. The lowest BCUT2D eigenvalue weighted by molar-refractivity contribution is -0.125. The highest BCUT2D eigenvalue weighted by Gasteiger charge is 2.17. The van der Waals surface area contributed by atoms with Crippen molar-refractivity contribution in [3.63, 3.8) is 0 Å². The lowest BCUT2D eigenvalue weighted by atomic mass is 10.0. The van der Waals surface area contributed by atoms with Gasteiger partial charge in [-0.25, -0.2) is 4.98 Å². The number of fused-ring (bicyclic) bond motifs is 1. The van der Waals surface area contributed by atoms with Crippen molar-refractivity contribution in [3.8, 4) is 11.5 Å². The first-order valence-corrected chi connectivity index (χ1v) is 10.3. The Balaban J connectivity index is 1.28. The number of pyridine rings is 1. The van der Waals surface area contributed by atoms with Crippen LogP contribution in [0.15, 0.2) is 54.3 Å². The van der Waals surface area contributed by atoms with Gasteiger partial charge in [-0.1, -0.05) is 6.08 Å². The van der Waals surface area contributed by atoms with E-state index < -0.39 is 0 Å². The van der Waals surface area contributed by atoms with E-state index >= 15 is 0 Å². The van der Waals surface area contributed by atoms with Gasteiger partial charge < -0.3 is 19.7 Å². The summed E-state index contributed by atoms with van der Waals surface area (Å²) in [7, 11) is 1.63. The van der Waals surface area contributed by atoms with Crippen LogP contribution >= 0.6 is 0 Å². The summed E-state index contributed by atoms with van der Waals surface area (Å²) in [6.07, 6.45) is 9.00. The molecule has 7 nitrogen and oxygen atoms in total. The maximum absolute atomic E-state index is 12.5. The number of amides is 2. The monoisotopic (exact) mass is 419 g/mol. The molecule has 0 saturated heterocycles. The number of nitrogens with one attached hydrogen (secondary N) is 1. The minimum atomic E-state index is -0.0302. The molecule has 160 valence electrons. The number of methoxy groups -OCH3 is 1. The average molecular weight is 419 g/mol. The smallest absolute Gasteiger partial charge is 0.246 e. The minimum absolute atomic E-state index is 0.00890. The third kappa shape index (κ3) is 5.31. The number of aromatic nitrogens is 1. The zero-order valence-electron chi connectivity index (χ0n) is 17.5. The average Bonchev–Trinajstić information content (AvgIpc) is 2.81.